The molecule has 0 bridgehead atoms. The van der Waals surface area contributed by atoms with E-state index in [4.69, 9.17) is 0 Å². The first-order valence-corrected chi connectivity index (χ1v) is 6.11. The second-order valence-electron chi connectivity index (χ2n) is 3.73. The maximum Gasteiger partial charge on any atom is 0.213 e. The van der Waals surface area contributed by atoms with Gasteiger partial charge < -0.3 is 0 Å². The van der Waals surface area contributed by atoms with Gasteiger partial charge in [-0.2, -0.15) is 0 Å². The predicted molar refractivity (Wildman–Crippen MR) is 68.0 cm³/mol. The van der Waals surface area contributed by atoms with E-state index >= 15 is 0 Å². The van der Waals surface area contributed by atoms with Crippen molar-refractivity contribution in [2.75, 3.05) is 0 Å². The maximum atomic E-state index is 12.2. The second-order valence-corrected chi connectivity index (χ2v) is 4.48. The number of hydrogen-bond acceptors (Lipinski definition) is 3. The normalized spacial score (nSPS) is 10.5. The number of carbonyl (C=O) groups is 1. The molecule has 0 unspecified atom stereocenters. The fourth-order valence-electron chi connectivity index (χ4n) is 1.60. The van der Waals surface area contributed by atoms with Gasteiger partial charge in [0.2, 0.25) is 5.78 Å². The fourth-order valence-corrected chi connectivity index (χ4v) is 2.11. The molecule has 0 aliphatic rings. The Hall–Kier alpha value is -1.49. The average molecular weight is 294 g/mol. The minimum atomic E-state index is -0.0768. The molecule has 0 radical (unpaired) electrons. The zero-order chi connectivity index (χ0) is 12.4. The molecule has 0 saturated carbocycles. The molecule has 1 aromatic heterocycles. The summed E-state index contributed by atoms with van der Waals surface area (Å²) < 4.78 is 1.95. The number of aryl methyl sites for hydroxylation is 2. The summed E-state index contributed by atoms with van der Waals surface area (Å²) in [4.78, 5) is 12.2. The van der Waals surface area contributed by atoms with Crippen LogP contribution in [0.4, 0.5) is 0 Å². The SMILES string of the molecule is CCc1ccc(C(=O)c2c(Br)nnn2C)cc1. The number of halogens is 1. The molecule has 0 aliphatic heterocycles. The van der Waals surface area contributed by atoms with E-state index in [-0.39, 0.29) is 5.78 Å². The van der Waals surface area contributed by atoms with Crippen molar-refractivity contribution >= 4 is 21.7 Å². The molecule has 4 nitrogen and oxygen atoms in total. The van der Waals surface area contributed by atoms with Gasteiger partial charge in [-0.15, -0.1) is 5.10 Å². The van der Waals surface area contributed by atoms with Crippen molar-refractivity contribution in [3.05, 3.63) is 45.7 Å². The van der Waals surface area contributed by atoms with Gasteiger partial charge in [0.05, 0.1) is 0 Å². The van der Waals surface area contributed by atoms with E-state index in [0.717, 1.165) is 6.42 Å². The Morgan fingerprint density at radius 1 is 1.35 bits per heavy atom. The van der Waals surface area contributed by atoms with Gasteiger partial charge in [0.15, 0.2) is 4.60 Å². The van der Waals surface area contributed by atoms with Crippen LogP contribution < -0.4 is 0 Å². The highest BCUT2D eigenvalue weighted by Gasteiger charge is 2.18. The topological polar surface area (TPSA) is 47.8 Å². The summed E-state index contributed by atoms with van der Waals surface area (Å²) in [5, 5.41) is 7.60. The van der Waals surface area contributed by atoms with Gasteiger partial charge in [0, 0.05) is 12.6 Å². The Kier molecular flexibility index (Phi) is 3.38. The van der Waals surface area contributed by atoms with Crippen molar-refractivity contribution in [1.82, 2.24) is 15.0 Å². The zero-order valence-electron chi connectivity index (χ0n) is 9.64. The van der Waals surface area contributed by atoms with Crippen LogP contribution in [0.15, 0.2) is 28.9 Å². The first kappa shape index (κ1) is 12.0. The van der Waals surface area contributed by atoms with Crippen molar-refractivity contribution in [1.29, 1.82) is 0 Å². The maximum absolute atomic E-state index is 12.2. The van der Waals surface area contributed by atoms with Crippen molar-refractivity contribution in [3.63, 3.8) is 0 Å². The van der Waals surface area contributed by atoms with Crippen LogP contribution in [-0.2, 0) is 13.5 Å². The smallest absolute Gasteiger partial charge is 0.213 e. The summed E-state index contributed by atoms with van der Waals surface area (Å²) in [6.45, 7) is 2.08. The minimum absolute atomic E-state index is 0.0768. The Balaban J connectivity index is 2.37. The van der Waals surface area contributed by atoms with E-state index in [0.29, 0.717) is 15.9 Å². The number of carbonyl (C=O) groups excluding carboxylic acids is 1. The lowest BCUT2D eigenvalue weighted by Crippen LogP contribution is -2.08. The first-order chi connectivity index (χ1) is 8.13. The molecule has 0 atom stereocenters. The number of aromatic nitrogens is 3. The third-order valence-electron chi connectivity index (χ3n) is 2.63. The molecular formula is C12H12BrN3O. The molecule has 0 saturated heterocycles. The first-order valence-electron chi connectivity index (χ1n) is 5.32. The van der Waals surface area contributed by atoms with Crippen LogP contribution in [0.1, 0.15) is 28.5 Å². The van der Waals surface area contributed by atoms with Gasteiger partial charge in [0.1, 0.15) is 5.69 Å². The fraction of sp³-hybridized carbons (Fsp3) is 0.250. The van der Waals surface area contributed by atoms with E-state index in [1.165, 1.54) is 10.2 Å². The summed E-state index contributed by atoms with van der Waals surface area (Å²) in [6.07, 6.45) is 0.964. The monoisotopic (exact) mass is 293 g/mol. The van der Waals surface area contributed by atoms with Crippen molar-refractivity contribution in [2.45, 2.75) is 13.3 Å². The predicted octanol–water partition coefficient (Wildman–Crippen LogP) is 2.37. The zero-order valence-corrected chi connectivity index (χ0v) is 11.2. The summed E-state index contributed by atoms with van der Waals surface area (Å²) in [6, 6.07) is 7.59. The standard InChI is InChI=1S/C12H12BrN3O/c1-3-8-4-6-9(7-5-8)11(17)10-12(13)14-15-16(10)2/h4-7H,3H2,1-2H3. The molecule has 2 rings (SSSR count). The third kappa shape index (κ3) is 2.29. The highest BCUT2D eigenvalue weighted by atomic mass is 79.9. The van der Waals surface area contributed by atoms with E-state index in [2.05, 4.69) is 33.2 Å². The number of ketones is 1. The molecule has 1 aromatic carbocycles. The molecular weight excluding hydrogens is 282 g/mol. The van der Waals surface area contributed by atoms with E-state index in [9.17, 15) is 4.79 Å². The summed E-state index contributed by atoms with van der Waals surface area (Å²) in [7, 11) is 1.70. The number of benzene rings is 1. The van der Waals surface area contributed by atoms with Gasteiger partial charge in [-0.3, -0.25) is 4.79 Å². The molecule has 88 valence electrons. The lowest BCUT2D eigenvalue weighted by Gasteiger charge is -2.02. The second kappa shape index (κ2) is 4.79. The highest BCUT2D eigenvalue weighted by molar-refractivity contribution is 9.10. The van der Waals surface area contributed by atoms with Gasteiger partial charge in [-0.25, -0.2) is 4.68 Å². The lowest BCUT2D eigenvalue weighted by molar-refractivity contribution is 0.102. The van der Waals surface area contributed by atoms with Gasteiger partial charge >= 0.3 is 0 Å². The largest absolute Gasteiger partial charge is 0.287 e. The van der Waals surface area contributed by atoms with Crippen LogP contribution in [0.25, 0.3) is 0 Å². The molecule has 2 aromatic rings. The molecule has 0 aliphatic carbocycles. The van der Waals surface area contributed by atoms with Gasteiger partial charge in [0.25, 0.3) is 0 Å². The number of hydrogen-bond donors (Lipinski definition) is 0. The van der Waals surface area contributed by atoms with Crippen LogP contribution in [-0.4, -0.2) is 20.8 Å². The molecule has 0 N–H and O–H groups in total. The molecule has 5 heteroatoms. The van der Waals surface area contributed by atoms with E-state index < -0.39 is 0 Å². The van der Waals surface area contributed by atoms with Crippen molar-refractivity contribution in [2.24, 2.45) is 7.05 Å². The number of rotatable bonds is 3. The number of nitrogens with zero attached hydrogens (tertiary/aromatic N) is 3. The van der Waals surface area contributed by atoms with E-state index in [1.54, 1.807) is 7.05 Å². The summed E-state index contributed by atoms with van der Waals surface area (Å²) in [5.74, 6) is -0.0768. The van der Waals surface area contributed by atoms with Crippen LogP contribution in [0.5, 0.6) is 0 Å². The molecule has 17 heavy (non-hydrogen) atoms. The molecule has 0 fully saturated rings. The Morgan fingerprint density at radius 2 is 2.00 bits per heavy atom. The quantitative estimate of drug-likeness (QED) is 0.817. The van der Waals surface area contributed by atoms with Crippen LogP contribution >= 0.6 is 15.9 Å². The van der Waals surface area contributed by atoms with Gasteiger partial charge in [-0.1, -0.05) is 36.4 Å². The Labute approximate surface area is 108 Å². The van der Waals surface area contributed by atoms with Crippen LogP contribution in [0.3, 0.4) is 0 Å². The Bertz CT molecular complexity index is 526. The van der Waals surface area contributed by atoms with E-state index in [1.807, 2.05) is 24.3 Å². The molecule has 0 amide bonds. The van der Waals surface area contributed by atoms with Gasteiger partial charge in [-0.05, 0) is 27.9 Å². The Morgan fingerprint density at radius 3 is 2.47 bits per heavy atom. The highest BCUT2D eigenvalue weighted by Crippen LogP contribution is 2.17. The third-order valence-corrected chi connectivity index (χ3v) is 3.16. The average Bonchev–Trinajstić information content (AvgIpc) is 2.68. The van der Waals surface area contributed by atoms with Crippen LogP contribution in [0.2, 0.25) is 0 Å². The lowest BCUT2D eigenvalue weighted by atomic mass is 10.1. The minimum Gasteiger partial charge on any atom is -0.287 e. The summed E-state index contributed by atoms with van der Waals surface area (Å²) in [5.41, 5.74) is 2.33. The van der Waals surface area contributed by atoms with Crippen LogP contribution in [0, 0.1) is 0 Å². The van der Waals surface area contributed by atoms with Crippen molar-refractivity contribution in [3.8, 4) is 0 Å². The summed E-state index contributed by atoms with van der Waals surface area (Å²) >= 11 is 3.23. The molecule has 1 heterocycles. The van der Waals surface area contributed by atoms with Crippen molar-refractivity contribution < 1.29 is 4.79 Å². The molecule has 0 spiro atoms.